The number of aryl methyl sites for hydroxylation is 1. The van der Waals surface area contributed by atoms with Crippen molar-refractivity contribution in [1.82, 2.24) is 10.2 Å². The van der Waals surface area contributed by atoms with Crippen molar-refractivity contribution in [1.29, 1.82) is 0 Å². The summed E-state index contributed by atoms with van der Waals surface area (Å²) in [6.45, 7) is 8.86. The van der Waals surface area contributed by atoms with Gasteiger partial charge in [0.1, 0.15) is 0 Å². The SMILES string of the molecule is CCNC(CCN1CCCC(OC)C1)c1ccccc1C. The van der Waals surface area contributed by atoms with Crippen molar-refractivity contribution >= 4 is 0 Å². The molecule has 0 aliphatic carbocycles. The summed E-state index contributed by atoms with van der Waals surface area (Å²) in [6.07, 6.45) is 4.06. The lowest BCUT2D eigenvalue weighted by Crippen LogP contribution is -2.40. The van der Waals surface area contributed by atoms with Crippen LogP contribution in [0.15, 0.2) is 24.3 Å². The third-order valence-corrected chi connectivity index (χ3v) is 4.54. The molecule has 2 unspecified atom stereocenters. The lowest BCUT2D eigenvalue weighted by Gasteiger charge is -2.33. The van der Waals surface area contributed by atoms with Gasteiger partial charge < -0.3 is 15.0 Å². The van der Waals surface area contributed by atoms with E-state index in [9.17, 15) is 0 Å². The molecule has 0 aromatic heterocycles. The minimum Gasteiger partial charge on any atom is -0.380 e. The summed E-state index contributed by atoms with van der Waals surface area (Å²) in [5, 5.41) is 3.65. The standard InChI is InChI=1S/C18H30N2O/c1-4-19-18(17-10-6-5-8-15(17)2)11-13-20-12-7-9-16(14-20)21-3/h5-6,8,10,16,18-19H,4,7,9,11-14H2,1-3H3. The lowest BCUT2D eigenvalue weighted by atomic mass is 9.98. The number of hydrogen-bond donors (Lipinski definition) is 1. The van der Waals surface area contributed by atoms with Gasteiger partial charge in [0.05, 0.1) is 6.10 Å². The first-order chi connectivity index (χ1) is 10.2. The number of methoxy groups -OCH3 is 1. The predicted molar refractivity (Wildman–Crippen MR) is 88.7 cm³/mol. The van der Waals surface area contributed by atoms with Crippen molar-refractivity contribution in [2.24, 2.45) is 0 Å². The second kappa shape index (κ2) is 8.52. The van der Waals surface area contributed by atoms with Crippen LogP contribution in [0.2, 0.25) is 0 Å². The molecule has 0 radical (unpaired) electrons. The largest absolute Gasteiger partial charge is 0.380 e. The molecule has 1 heterocycles. The molecule has 1 aliphatic rings. The van der Waals surface area contributed by atoms with Gasteiger partial charge >= 0.3 is 0 Å². The fourth-order valence-electron chi connectivity index (χ4n) is 3.31. The molecular weight excluding hydrogens is 260 g/mol. The Morgan fingerprint density at radius 2 is 2.19 bits per heavy atom. The number of hydrogen-bond acceptors (Lipinski definition) is 3. The highest BCUT2D eigenvalue weighted by Crippen LogP contribution is 2.22. The number of ether oxygens (including phenoxy) is 1. The molecule has 1 N–H and O–H groups in total. The molecule has 1 saturated heterocycles. The van der Waals surface area contributed by atoms with E-state index < -0.39 is 0 Å². The zero-order valence-corrected chi connectivity index (χ0v) is 13.8. The highest BCUT2D eigenvalue weighted by atomic mass is 16.5. The molecule has 0 spiro atoms. The van der Waals surface area contributed by atoms with Crippen molar-refractivity contribution in [2.45, 2.75) is 45.3 Å². The normalized spacial score (nSPS) is 21.4. The van der Waals surface area contributed by atoms with Gasteiger partial charge in [0.2, 0.25) is 0 Å². The van der Waals surface area contributed by atoms with Crippen LogP contribution in [0.25, 0.3) is 0 Å². The maximum atomic E-state index is 5.52. The topological polar surface area (TPSA) is 24.5 Å². The molecule has 0 saturated carbocycles. The summed E-state index contributed by atoms with van der Waals surface area (Å²) in [6, 6.07) is 9.20. The van der Waals surface area contributed by atoms with Gasteiger partial charge in [-0.3, -0.25) is 0 Å². The third kappa shape index (κ3) is 4.80. The number of nitrogens with zero attached hydrogens (tertiary/aromatic N) is 1. The van der Waals surface area contributed by atoms with Gasteiger partial charge in [0, 0.05) is 26.2 Å². The van der Waals surface area contributed by atoms with Crippen molar-refractivity contribution in [3.63, 3.8) is 0 Å². The highest BCUT2D eigenvalue weighted by Gasteiger charge is 2.20. The van der Waals surface area contributed by atoms with Crippen LogP contribution in [-0.2, 0) is 4.74 Å². The molecule has 1 aromatic carbocycles. The average Bonchev–Trinajstić information content (AvgIpc) is 2.52. The van der Waals surface area contributed by atoms with Crippen LogP contribution < -0.4 is 5.32 Å². The Kier molecular flexibility index (Phi) is 6.68. The molecule has 3 heteroatoms. The Labute approximate surface area is 129 Å². The molecular formula is C18H30N2O. The quantitative estimate of drug-likeness (QED) is 0.835. The summed E-state index contributed by atoms with van der Waals surface area (Å²) in [4.78, 5) is 2.56. The van der Waals surface area contributed by atoms with Crippen LogP contribution in [0.1, 0.15) is 43.4 Å². The zero-order chi connectivity index (χ0) is 15.1. The van der Waals surface area contributed by atoms with Crippen molar-refractivity contribution in [3.8, 4) is 0 Å². The fraction of sp³-hybridized carbons (Fsp3) is 0.667. The number of nitrogens with one attached hydrogen (secondary N) is 1. The first kappa shape index (κ1) is 16.5. The number of benzene rings is 1. The van der Waals surface area contributed by atoms with E-state index in [1.807, 2.05) is 7.11 Å². The van der Waals surface area contributed by atoms with E-state index >= 15 is 0 Å². The fourth-order valence-corrected chi connectivity index (χ4v) is 3.31. The number of likely N-dealkylation sites (tertiary alicyclic amines) is 1. The maximum absolute atomic E-state index is 5.52. The number of piperidine rings is 1. The van der Waals surface area contributed by atoms with Gasteiger partial charge in [0.15, 0.2) is 0 Å². The molecule has 2 rings (SSSR count). The van der Waals surface area contributed by atoms with Crippen LogP contribution in [0.3, 0.4) is 0 Å². The predicted octanol–water partition coefficient (Wildman–Crippen LogP) is 3.15. The minimum atomic E-state index is 0.426. The molecule has 0 amide bonds. The Hall–Kier alpha value is -0.900. The Morgan fingerprint density at radius 3 is 2.90 bits per heavy atom. The molecule has 0 bridgehead atoms. The monoisotopic (exact) mass is 290 g/mol. The van der Waals surface area contributed by atoms with E-state index in [2.05, 4.69) is 48.3 Å². The average molecular weight is 290 g/mol. The third-order valence-electron chi connectivity index (χ3n) is 4.54. The van der Waals surface area contributed by atoms with Crippen LogP contribution in [0.5, 0.6) is 0 Å². The second-order valence-corrected chi connectivity index (χ2v) is 6.06. The molecule has 21 heavy (non-hydrogen) atoms. The summed E-state index contributed by atoms with van der Waals surface area (Å²) in [5.74, 6) is 0. The van der Waals surface area contributed by atoms with Crippen molar-refractivity contribution in [3.05, 3.63) is 35.4 Å². The molecule has 1 aliphatic heterocycles. The minimum absolute atomic E-state index is 0.426. The molecule has 118 valence electrons. The van der Waals surface area contributed by atoms with E-state index in [1.54, 1.807) is 0 Å². The van der Waals surface area contributed by atoms with E-state index in [0.29, 0.717) is 12.1 Å². The van der Waals surface area contributed by atoms with Crippen LogP contribution in [-0.4, -0.2) is 44.3 Å². The Morgan fingerprint density at radius 1 is 1.38 bits per heavy atom. The van der Waals surface area contributed by atoms with E-state index in [-0.39, 0.29) is 0 Å². The first-order valence-electron chi connectivity index (χ1n) is 8.28. The van der Waals surface area contributed by atoms with Crippen molar-refractivity contribution < 1.29 is 4.74 Å². The van der Waals surface area contributed by atoms with Gasteiger partial charge in [-0.25, -0.2) is 0 Å². The smallest absolute Gasteiger partial charge is 0.0698 e. The number of rotatable bonds is 7. The molecule has 1 aromatic rings. The van der Waals surface area contributed by atoms with Crippen molar-refractivity contribution in [2.75, 3.05) is 33.3 Å². The Balaban J connectivity index is 1.92. The summed E-state index contributed by atoms with van der Waals surface area (Å²) >= 11 is 0. The molecule has 3 nitrogen and oxygen atoms in total. The summed E-state index contributed by atoms with van der Waals surface area (Å²) < 4.78 is 5.52. The van der Waals surface area contributed by atoms with Crippen LogP contribution >= 0.6 is 0 Å². The van der Waals surface area contributed by atoms with E-state index in [4.69, 9.17) is 4.74 Å². The second-order valence-electron chi connectivity index (χ2n) is 6.06. The van der Waals surface area contributed by atoms with E-state index in [0.717, 1.165) is 26.1 Å². The van der Waals surface area contributed by atoms with Gasteiger partial charge in [0.25, 0.3) is 0 Å². The molecule has 1 fully saturated rings. The van der Waals surface area contributed by atoms with Gasteiger partial charge in [-0.05, 0) is 50.4 Å². The summed E-state index contributed by atoms with van der Waals surface area (Å²) in [5.41, 5.74) is 2.83. The summed E-state index contributed by atoms with van der Waals surface area (Å²) in [7, 11) is 1.84. The maximum Gasteiger partial charge on any atom is 0.0698 e. The Bertz CT molecular complexity index is 421. The van der Waals surface area contributed by atoms with E-state index in [1.165, 1.54) is 30.5 Å². The lowest BCUT2D eigenvalue weighted by molar-refractivity contribution is 0.0301. The van der Waals surface area contributed by atoms with Gasteiger partial charge in [-0.15, -0.1) is 0 Å². The van der Waals surface area contributed by atoms with Gasteiger partial charge in [-0.2, -0.15) is 0 Å². The van der Waals surface area contributed by atoms with Crippen LogP contribution in [0, 0.1) is 6.92 Å². The highest BCUT2D eigenvalue weighted by molar-refractivity contribution is 5.28. The molecule has 2 atom stereocenters. The first-order valence-corrected chi connectivity index (χ1v) is 8.28. The zero-order valence-electron chi connectivity index (χ0n) is 13.8. The van der Waals surface area contributed by atoms with Gasteiger partial charge in [-0.1, -0.05) is 31.2 Å². The van der Waals surface area contributed by atoms with Crippen LogP contribution in [0.4, 0.5) is 0 Å².